The van der Waals surface area contributed by atoms with Crippen molar-refractivity contribution in [3.63, 3.8) is 0 Å². The third-order valence-electron chi connectivity index (χ3n) is 2.57. The van der Waals surface area contributed by atoms with Crippen LogP contribution >= 0.6 is 0 Å². The van der Waals surface area contributed by atoms with Crippen molar-refractivity contribution in [3.8, 4) is 0 Å². The van der Waals surface area contributed by atoms with Gasteiger partial charge in [-0.05, 0) is 18.2 Å². The Morgan fingerprint density at radius 3 is 3.00 bits per heavy atom. The number of rotatable bonds is 0. The monoisotopic (exact) mass is 170 g/mol. The van der Waals surface area contributed by atoms with Crippen molar-refractivity contribution in [2.75, 3.05) is 0 Å². The van der Waals surface area contributed by atoms with Gasteiger partial charge in [-0.25, -0.2) is 0 Å². The van der Waals surface area contributed by atoms with E-state index in [1.165, 1.54) is 21.8 Å². The molecule has 0 fully saturated rings. The van der Waals surface area contributed by atoms with Crippen molar-refractivity contribution < 1.29 is 0 Å². The van der Waals surface area contributed by atoms with Gasteiger partial charge in [0, 0.05) is 35.7 Å². The summed E-state index contributed by atoms with van der Waals surface area (Å²) < 4.78 is 2.16. The molecule has 0 aliphatic rings. The highest BCUT2D eigenvalue weighted by Gasteiger charge is 2.03. The first-order valence-electron chi connectivity index (χ1n) is 4.37. The number of H-pyrrole nitrogens is 1. The van der Waals surface area contributed by atoms with Crippen LogP contribution in [0.1, 0.15) is 0 Å². The average molecular weight is 170 g/mol. The Balaban J connectivity index is 2.70. The van der Waals surface area contributed by atoms with Gasteiger partial charge in [0.05, 0.1) is 5.52 Å². The van der Waals surface area contributed by atoms with Gasteiger partial charge in [0.2, 0.25) is 0 Å². The van der Waals surface area contributed by atoms with Gasteiger partial charge in [0.25, 0.3) is 0 Å². The summed E-state index contributed by atoms with van der Waals surface area (Å²) >= 11 is 0. The lowest BCUT2D eigenvalue weighted by molar-refractivity contribution is 0.973. The van der Waals surface area contributed by atoms with Crippen molar-refractivity contribution in [1.82, 2.24) is 9.55 Å². The number of nitrogens with zero attached hydrogens (tertiary/aromatic N) is 1. The summed E-state index contributed by atoms with van der Waals surface area (Å²) in [6.07, 6.45) is 4.08. The van der Waals surface area contributed by atoms with Crippen LogP contribution in [-0.2, 0) is 7.05 Å². The Labute approximate surface area is 75.8 Å². The zero-order valence-corrected chi connectivity index (χ0v) is 7.41. The Hall–Kier alpha value is -1.70. The smallest absolute Gasteiger partial charge is 0.0572 e. The zero-order chi connectivity index (χ0) is 8.84. The minimum atomic E-state index is 1.20. The highest BCUT2D eigenvalue weighted by molar-refractivity contribution is 6.04. The van der Waals surface area contributed by atoms with Crippen LogP contribution in [0.2, 0.25) is 0 Å². The van der Waals surface area contributed by atoms with Gasteiger partial charge < -0.3 is 9.55 Å². The van der Waals surface area contributed by atoms with Crippen molar-refractivity contribution >= 4 is 21.8 Å². The van der Waals surface area contributed by atoms with Gasteiger partial charge in [0.1, 0.15) is 0 Å². The lowest BCUT2D eigenvalue weighted by Crippen LogP contribution is -1.83. The van der Waals surface area contributed by atoms with E-state index >= 15 is 0 Å². The van der Waals surface area contributed by atoms with Crippen LogP contribution < -0.4 is 0 Å². The van der Waals surface area contributed by atoms with Crippen molar-refractivity contribution in [2.24, 2.45) is 7.05 Å². The van der Waals surface area contributed by atoms with E-state index in [-0.39, 0.29) is 0 Å². The fraction of sp³-hybridized carbons (Fsp3) is 0.0909. The van der Waals surface area contributed by atoms with Crippen LogP contribution in [0.5, 0.6) is 0 Å². The van der Waals surface area contributed by atoms with Crippen LogP contribution in [0.4, 0.5) is 0 Å². The van der Waals surface area contributed by atoms with E-state index in [1.54, 1.807) is 0 Å². The van der Waals surface area contributed by atoms with E-state index in [9.17, 15) is 0 Å². The van der Waals surface area contributed by atoms with Gasteiger partial charge in [-0.1, -0.05) is 6.07 Å². The van der Waals surface area contributed by atoms with Crippen LogP contribution in [0.3, 0.4) is 0 Å². The van der Waals surface area contributed by atoms with E-state index in [0.29, 0.717) is 0 Å². The van der Waals surface area contributed by atoms with Crippen LogP contribution in [0.25, 0.3) is 21.8 Å². The maximum Gasteiger partial charge on any atom is 0.0572 e. The van der Waals surface area contributed by atoms with Gasteiger partial charge in [-0.3, -0.25) is 0 Å². The first-order valence-corrected chi connectivity index (χ1v) is 4.37. The largest absolute Gasteiger partial charge is 0.361 e. The lowest BCUT2D eigenvalue weighted by atomic mass is 10.2. The standard InChI is InChI=1S/C11H10N2/c1-13-7-5-8-2-3-10-9(11(8)13)4-6-12-10/h2-7,12H,1H3. The Kier molecular flexibility index (Phi) is 1.13. The molecule has 3 aromatic rings. The Bertz CT molecular complexity index is 572. The third-order valence-corrected chi connectivity index (χ3v) is 2.57. The Morgan fingerprint density at radius 1 is 1.15 bits per heavy atom. The van der Waals surface area contributed by atoms with Crippen LogP contribution in [-0.4, -0.2) is 9.55 Å². The number of nitrogens with one attached hydrogen (secondary N) is 1. The SMILES string of the molecule is Cn1ccc2ccc3[nH]ccc3c21. The van der Waals surface area contributed by atoms with E-state index in [0.717, 1.165) is 0 Å². The first-order chi connectivity index (χ1) is 6.36. The minimum absolute atomic E-state index is 1.20. The second-order valence-electron chi connectivity index (χ2n) is 3.37. The summed E-state index contributed by atoms with van der Waals surface area (Å²) in [4.78, 5) is 3.22. The quantitative estimate of drug-likeness (QED) is 0.535. The van der Waals surface area contributed by atoms with Crippen molar-refractivity contribution in [3.05, 3.63) is 36.7 Å². The summed E-state index contributed by atoms with van der Waals surface area (Å²) in [6, 6.07) is 8.53. The number of benzene rings is 1. The van der Waals surface area contributed by atoms with Gasteiger partial charge >= 0.3 is 0 Å². The maximum absolute atomic E-state index is 3.22. The molecule has 0 amide bonds. The molecule has 2 heteroatoms. The number of hydrogen-bond acceptors (Lipinski definition) is 0. The number of fused-ring (bicyclic) bond motifs is 3. The van der Waals surface area contributed by atoms with Gasteiger partial charge in [0.15, 0.2) is 0 Å². The molecule has 0 saturated heterocycles. The van der Waals surface area contributed by atoms with E-state index in [2.05, 4.69) is 47.1 Å². The number of aromatic nitrogens is 2. The van der Waals surface area contributed by atoms with Crippen molar-refractivity contribution in [2.45, 2.75) is 0 Å². The number of aromatic amines is 1. The molecule has 0 saturated carbocycles. The second-order valence-corrected chi connectivity index (χ2v) is 3.37. The third kappa shape index (κ3) is 0.773. The van der Waals surface area contributed by atoms with Gasteiger partial charge in [-0.15, -0.1) is 0 Å². The van der Waals surface area contributed by atoms with E-state index in [4.69, 9.17) is 0 Å². The fourth-order valence-electron chi connectivity index (χ4n) is 1.93. The highest BCUT2D eigenvalue weighted by atomic mass is 14.9. The molecule has 0 radical (unpaired) electrons. The topological polar surface area (TPSA) is 20.7 Å². The molecular weight excluding hydrogens is 160 g/mol. The second kappa shape index (κ2) is 2.16. The first kappa shape index (κ1) is 6.78. The summed E-state index contributed by atoms with van der Waals surface area (Å²) in [5.74, 6) is 0. The molecule has 0 spiro atoms. The summed E-state index contributed by atoms with van der Waals surface area (Å²) in [7, 11) is 2.08. The summed E-state index contributed by atoms with van der Waals surface area (Å²) in [5.41, 5.74) is 2.51. The molecule has 0 aliphatic heterocycles. The maximum atomic E-state index is 3.22. The molecule has 64 valence electrons. The lowest BCUT2D eigenvalue weighted by Gasteiger charge is -1.97. The molecule has 0 atom stereocenters. The summed E-state index contributed by atoms with van der Waals surface area (Å²) in [5, 5.41) is 2.60. The summed E-state index contributed by atoms with van der Waals surface area (Å²) in [6.45, 7) is 0. The molecule has 2 heterocycles. The molecule has 1 aromatic carbocycles. The molecule has 0 aliphatic carbocycles. The number of hydrogen-bond donors (Lipinski definition) is 1. The van der Waals surface area contributed by atoms with E-state index < -0.39 is 0 Å². The molecule has 0 bridgehead atoms. The number of aryl methyl sites for hydroxylation is 1. The molecule has 2 aromatic heterocycles. The fourth-order valence-corrected chi connectivity index (χ4v) is 1.93. The molecule has 1 N–H and O–H groups in total. The molecule has 13 heavy (non-hydrogen) atoms. The normalized spacial score (nSPS) is 11.5. The van der Waals surface area contributed by atoms with Crippen molar-refractivity contribution in [1.29, 1.82) is 0 Å². The van der Waals surface area contributed by atoms with Crippen LogP contribution in [0.15, 0.2) is 36.7 Å². The Morgan fingerprint density at radius 2 is 2.08 bits per heavy atom. The van der Waals surface area contributed by atoms with E-state index in [1.807, 2.05) is 6.20 Å². The molecule has 2 nitrogen and oxygen atoms in total. The molecular formula is C11H10N2. The molecule has 0 unspecified atom stereocenters. The van der Waals surface area contributed by atoms with Gasteiger partial charge in [-0.2, -0.15) is 0 Å². The average Bonchev–Trinajstić information content (AvgIpc) is 2.70. The zero-order valence-electron chi connectivity index (χ0n) is 7.41. The van der Waals surface area contributed by atoms with Crippen LogP contribution in [0, 0.1) is 0 Å². The highest BCUT2D eigenvalue weighted by Crippen LogP contribution is 2.24. The predicted molar refractivity (Wildman–Crippen MR) is 54.8 cm³/mol. The predicted octanol–water partition coefficient (Wildman–Crippen LogP) is 2.66. The molecule has 3 rings (SSSR count). The minimum Gasteiger partial charge on any atom is -0.361 e.